The Bertz CT molecular complexity index is 724. The third kappa shape index (κ3) is 2.33. The lowest BCUT2D eigenvalue weighted by molar-refractivity contribution is -0.137. The molecule has 3 rings (SSSR count). The first-order valence-electron chi connectivity index (χ1n) is 5.82. The molecule has 0 atom stereocenters. The Morgan fingerprint density at radius 3 is 2.80 bits per heavy atom. The Morgan fingerprint density at radius 2 is 2.05 bits per heavy atom. The highest BCUT2D eigenvalue weighted by atomic mass is 32.2. The van der Waals surface area contributed by atoms with Gasteiger partial charge in [-0.25, -0.2) is 4.98 Å². The summed E-state index contributed by atoms with van der Waals surface area (Å²) < 4.78 is 38.1. The third-order valence-electron chi connectivity index (χ3n) is 3.05. The summed E-state index contributed by atoms with van der Waals surface area (Å²) in [7, 11) is 0. The van der Waals surface area contributed by atoms with Crippen LogP contribution in [0.2, 0.25) is 0 Å². The molecule has 3 nitrogen and oxygen atoms in total. The summed E-state index contributed by atoms with van der Waals surface area (Å²) in [5.41, 5.74) is 0.508. The first kappa shape index (κ1) is 13.2. The van der Waals surface area contributed by atoms with Crippen molar-refractivity contribution < 1.29 is 13.2 Å². The van der Waals surface area contributed by atoms with Gasteiger partial charge in [-0.3, -0.25) is 4.79 Å². The molecule has 0 saturated heterocycles. The molecule has 1 aliphatic rings. The van der Waals surface area contributed by atoms with E-state index in [4.69, 9.17) is 0 Å². The SMILES string of the molecule is O=c1[nH]c(-c2cccc(C(F)(F)F)c2)nc2c1CSC2. The first-order chi connectivity index (χ1) is 9.45. The highest BCUT2D eigenvalue weighted by Crippen LogP contribution is 2.32. The van der Waals surface area contributed by atoms with Crippen molar-refractivity contribution in [2.24, 2.45) is 0 Å². The maximum atomic E-state index is 12.7. The van der Waals surface area contributed by atoms with E-state index in [1.54, 1.807) is 11.8 Å². The summed E-state index contributed by atoms with van der Waals surface area (Å²) in [5.74, 6) is 1.40. The topological polar surface area (TPSA) is 45.8 Å². The van der Waals surface area contributed by atoms with Crippen LogP contribution < -0.4 is 5.56 Å². The Kier molecular flexibility index (Phi) is 3.08. The van der Waals surface area contributed by atoms with Crippen LogP contribution in [0.4, 0.5) is 13.2 Å². The number of benzene rings is 1. The average molecular weight is 298 g/mol. The van der Waals surface area contributed by atoms with Gasteiger partial charge >= 0.3 is 6.18 Å². The van der Waals surface area contributed by atoms with E-state index in [-0.39, 0.29) is 16.9 Å². The predicted octanol–water partition coefficient (Wildman–Crippen LogP) is 3.20. The highest BCUT2D eigenvalue weighted by Gasteiger charge is 2.30. The van der Waals surface area contributed by atoms with Crippen LogP contribution in [0.15, 0.2) is 29.1 Å². The lowest BCUT2D eigenvalue weighted by Crippen LogP contribution is -2.15. The fourth-order valence-corrected chi connectivity index (χ4v) is 3.08. The smallest absolute Gasteiger partial charge is 0.306 e. The van der Waals surface area contributed by atoms with Crippen LogP contribution in [0.1, 0.15) is 16.8 Å². The van der Waals surface area contributed by atoms with Gasteiger partial charge in [0, 0.05) is 22.6 Å². The summed E-state index contributed by atoms with van der Waals surface area (Å²) in [6.07, 6.45) is -4.41. The van der Waals surface area contributed by atoms with E-state index in [0.29, 0.717) is 22.8 Å². The summed E-state index contributed by atoms with van der Waals surface area (Å²) in [6.45, 7) is 0. The molecule has 0 saturated carbocycles. The standard InChI is InChI=1S/C13H9F3N2OS/c14-13(15,16)8-3-1-2-7(4-8)11-17-10-6-20-5-9(10)12(19)18-11/h1-4H,5-6H2,(H,17,18,19). The monoisotopic (exact) mass is 298 g/mol. The van der Waals surface area contributed by atoms with Gasteiger partial charge in [-0.05, 0) is 12.1 Å². The zero-order valence-electron chi connectivity index (χ0n) is 10.1. The van der Waals surface area contributed by atoms with Gasteiger partial charge < -0.3 is 4.98 Å². The number of halogens is 3. The molecule has 1 N–H and O–H groups in total. The Morgan fingerprint density at radius 1 is 1.25 bits per heavy atom. The van der Waals surface area contributed by atoms with Gasteiger partial charge in [0.15, 0.2) is 0 Å². The van der Waals surface area contributed by atoms with Crippen LogP contribution >= 0.6 is 11.8 Å². The summed E-state index contributed by atoms with van der Waals surface area (Å²) in [5, 5.41) is 0. The second-order valence-electron chi connectivity index (χ2n) is 4.41. The Balaban J connectivity index is 2.10. The molecule has 0 unspecified atom stereocenters. The van der Waals surface area contributed by atoms with Crippen molar-refractivity contribution in [3.05, 3.63) is 51.4 Å². The van der Waals surface area contributed by atoms with Crippen molar-refractivity contribution in [1.29, 1.82) is 0 Å². The van der Waals surface area contributed by atoms with Crippen LogP contribution in [-0.2, 0) is 17.7 Å². The molecule has 0 aliphatic carbocycles. The van der Waals surface area contributed by atoms with Gasteiger partial charge in [0.1, 0.15) is 5.82 Å². The Hall–Kier alpha value is -1.76. The van der Waals surface area contributed by atoms with Gasteiger partial charge in [-0.15, -0.1) is 0 Å². The molecule has 104 valence electrons. The molecule has 2 heterocycles. The molecular weight excluding hydrogens is 289 g/mol. The second-order valence-corrected chi connectivity index (χ2v) is 5.40. The first-order valence-corrected chi connectivity index (χ1v) is 6.98. The largest absolute Gasteiger partial charge is 0.416 e. The van der Waals surface area contributed by atoms with Gasteiger partial charge in [-0.1, -0.05) is 12.1 Å². The minimum absolute atomic E-state index is 0.183. The minimum atomic E-state index is -4.41. The lowest BCUT2D eigenvalue weighted by Gasteiger charge is -2.09. The molecule has 1 aromatic carbocycles. The number of hydrogen-bond acceptors (Lipinski definition) is 3. The van der Waals surface area contributed by atoms with E-state index in [9.17, 15) is 18.0 Å². The summed E-state index contributed by atoms with van der Waals surface area (Å²) >= 11 is 1.57. The van der Waals surface area contributed by atoms with Crippen LogP contribution in [-0.4, -0.2) is 9.97 Å². The molecule has 2 aromatic rings. The number of aromatic amines is 1. The number of nitrogens with zero attached hydrogens (tertiary/aromatic N) is 1. The van der Waals surface area contributed by atoms with E-state index >= 15 is 0 Å². The normalized spacial score (nSPS) is 14.3. The molecule has 0 radical (unpaired) electrons. The highest BCUT2D eigenvalue weighted by molar-refractivity contribution is 7.98. The third-order valence-corrected chi connectivity index (χ3v) is 4.02. The molecule has 7 heteroatoms. The molecule has 0 spiro atoms. The van der Waals surface area contributed by atoms with Crippen molar-refractivity contribution in [2.75, 3.05) is 0 Å². The van der Waals surface area contributed by atoms with E-state index < -0.39 is 11.7 Å². The number of nitrogens with one attached hydrogen (secondary N) is 1. The number of alkyl halides is 3. The molecule has 0 fully saturated rings. The van der Waals surface area contributed by atoms with Gasteiger partial charge in [0.05, 0.1) is 11.3 Å². The van der Waals surface area contributed by atoms with Gasteiger partial charge in [0.25, 0.3) is 5.56 Å². The minimum Gasteiger partial charge on any atom is -0.306 e. The van der Waals surface area contributed by atoms with Crippen molar-refractivity contribution in [2.45, 2.75) is 17.7 Å². The number of aromatic nitrogens is 2. The van der Waals surface area contributed by atoms with Gasteiger partial charge in [-0.2, -0.15) is 24.9 Å². The zero-order chi connectivity index (χ0) is 14.3. The summed E-state index contributed by atoms with van der Waals surface area (Å²) in [4.78, 5) is 18.7. The number of fused-ring (bicyclic) bond motifs is 1. The van der Waals surface area contributed by atoms with Crippen LogP contribution in [0, 0.1) is 0 Å². The molecule has 0 amide bonds. The molecular formula is C13H9F3N2OS. The van der Waals surface area contributed by atoms with Crippen LogP contribution in [0.5, 0.6) is 0 Å². The van der Waals surface area contributed by atoms with E-state index in [0.717, 1.165) is 12.1 Å². The molecule has 0 bridgehead atoms. The number of thioether (sulfide) groups is 1. The number of H-pyrrole nitrogens is 1. The Labute approximate surface area is 116 Å². The van der Waals surface area contributed by atoms with Crippen molar-refractivity contribution >= 4 is 11.8 Å². The quantitative estimate of drug-likeness (QED) is 0.879. The number of rotatable bonds is 1. The van der Waals surface area contributed by atoms with Crippen LogP contribution in [0.3, 0.4) is 0 Å². The summed E-state index contributed by atoms with van der Waals surface area (Å²) in [6, 6.07) is 4.79. The molecule has 1 aliphatic heterocycles. The maximum absolute atomic E-state index is 12.7. The maximum Gasteiger partial charge on any atom is 0.416 e. The fourth-order valence-electron chi connectivity index (χ4n) is 2.04. The van der Waals surface area contributed by atoms with E-state index in [1.807, 2.05) is 0 Å². The van der Waals surface area contributed by atoms with Gasteiger partial charge in [0.2, 0.25) is 0 Å². The van der Waals surface area contributed by atoms with Crippen molar-refractivity contribution in [3.63, 3.8) is 0 Å². The fraction of sp³-hybridized carbons (Fsp3) is 0.231. The van der Waals surface area contributed by atoms with Crippen molar-refractivity contribution in [3.8, 4) is 11.4 Å². The predicted molar refractivity (Wildman–Crippen MR) is 70.3 cm³/mol. The van der Waals surface area contributed by atoms with E-state index in [2.05, 4.69) is 9.97 Å². The van der Waals surface area contributed by atoms with E-state index in [1.165, 1.54) is 12.1 Å². The molecule has 20 heavy (non-hydrogen) atoms. The lowest BCUT2D eigenvalue weighted by atomic mass is 10.1. The number of hydrogen-bond donors (Lipinski definition) is 1. The van der Waals surface area contributed by atoms with Crippen molar-refractivity contribution in [1.82, 2.24) is 9.97 Å². The van der Waals surface area contributed by atoms with Crippen LogP contribution in [0.25, 0.3) is 11.4 Å². The average Bonchev–Trinajstić information content (AvgIpc) is 2.87. The molecule has 1 aromatic heterocycles. The second kappa shape index (κ2) is 4.66. The zero-order valence-corrected chi connectivity index (χ0v) is 10.9.